The summed E-state index contributed by atoms with van der Waals surface area (Å²) in [5.41, 5.74) is -3.68. The molecule has 3 aliphatic rings. The number of rotatable bonds is 13. The average Bonchev–Trinajstić information content (AvgIpc) is 3.44. The van der Waals surface area contributed by atoms with Gasteiger partial charge >= 0.3 is 29.8 Å². The van der Waals surface area contributed by atoms with E-state index >= 15 is 0 Å². The van der Waals surface area contributed by atoms with E-state index in [-0.39, 0.29) is 50.7 Å². The van der Waals surface area contributed by atoms with Gasteiger partial charge in [-0.2, -0.15) is 0 Å². The Kier molecular flexibility index (Phi) is 12.4. The fourth-order valence-electron chi connectivity index (χ4n) is 7.64. The molecule has 46 heavy (non-hydrogen) atoms. The lowest BCUT2D eigenvalue weighted by Crippen LogP contribution is -2.74. The molecule has 1 aliphatic heterocycles. The molecule has 0 bridgehead atoms. The first kappa shape index (κ1) is 37.8. The first-order valence-corrected chi connectivity index (χ1v) is 16.9. The first-order valence-electron chi connectivity index (χ1n) is 16.4. The minimum absolute atomic E-state index is 0.0564. The second-order valence-electron chi connectivity index (χ2n) is 13.8. The summed E-state index contributed by atoms with van der Waals surface area (Å²) in [5, 5.41) is 12.5. The Morgan fingerprint density at radius 2 is 1.70 bits per heavy atom. The lowest BCUT2D eigenvalue weighted by Gasteiger charge is -2.67. The number of aliphatic hydroxyl groups is 1. The van der Waals surface area contributed by atoms with Crippen molar-refractivity contribution >= 4 is 41.4 Å². The zero-order valence-electron chi connectivity index (χ0n) is 28.4. The van der Waals surface area contributed by atoms with Crippen molar-refractivity contribution < 1.29 is 52.8 Å². The Morgan fingerprint density at radius 3 is 2.22 bits per heavy atom. The summed E-state index contributed by atoms with van der Waals surface area (Å²) in [6.07, 6.45) is 0.430. The van der Waals surface area contributed by atoms with E-state index in [1.165, 1.54) is 19.9 Å². The molecule has 0 aromatic carbocycles. The maximum atomic E-state index is 13.4. The largest absolute Gasteiger partial charge is 0.465 e. The van der Waals surface area contributed by atoms with Crippen LogP contribution in [-0.2, 0) is 47.7 Å². The van der Waals surface area contributed by atoms with Crippen LogP contribution < -0.4 is 0 Å². The summed E-state index contributed by atoms with van der Waals surface area (Å²) < 4.78 is 29.2. The highest BCUT2D eigenvalue weighted by Crippen LogP contribution is 2.66. The molecular formula is C34H51ClO11. The number of carbonyl (C=O) groups is 5. The summed E-state index contributed by atoms with van der Waals surface area (Å²) in [6, 6.07) is 0. The molecule has 2 fully saturated rings. The third kappa shape index (κ3) is 7.40. The van der Waals surface area contributed by atoms with Crippen LogP contribution in [0.15, 0.2) is 11.6 Å². The van der Waals surface area contributed by atoms with Crippen LogP contribution in [0.1, 0.15) is 93.9 Å². The number of carbonyl (C=O) groups excluding carboxylic acids is 5. The summed E-state index contributed by atoms with van der Waals surface area (Å²) >= 11 is 6.58. The Bertz CT molecular complexity index is 1200. The molecule has 0 aromatic heterocycles. The molecule has 0 unspecified atom stereocenters. The highest BCUT2D eigenvalue weighted by atomic mass is 35.5. The quantitative estimate of drug-likeness (QED) is 0.165. The van der Waals surface area contributed by atoms with Crippen LogP contribution in [-0.4, -0.2) is 78.0 Å². The molecule has 2 aliphatic carbocycles. The van der Waals surface area contributed by atoms with E-state index in [1.807, 2.05) is 27.7 Å². The van der Waals surface area contributed by atoms with Crippen molar-refractivity contribution in [1.29, 1.82) is 0 Å². The lowest BCUT2D eigenvalue weighted by molar-refractivity contribution is -0.294. The standard InChI is InChI=1S/C34H51ClO11/c1-9-19(3)30(39)45-25-11-12-33(41,17-35)34(18-43-22(6)36)27(44-23(7)37)13-21(5)32(8,29(25)34)15-26(24-14-28(38)42-16-24)46-31(40)20(4)10-2/h14,19-21,25-27,29,41H,9-13,15-18H2,1-8H3/t19-,20+,21+,25+,26-,27-,29+,32-,33-,34+/m0/s1. The zero-order chi connectivity index (χ0) is 34.6. The molecule has 0 spiro atoms. The van der Waals surface area contributed by atoms with E-state index in [1.54, 1.807) is 13.8 Å². The topological polar surface area (TPSA) is 152 Å². The molecule has 0 aromatic rings. The third-order valence-electron chi connectivity index (χ3n) is 10.9. The fourth-order valence-corrected chi connectivity index (χ4v) is 8.02. The Hall–Kier alpha value is -2.66. The normalized spacial score (nSPS) is 34.2. The van der Waals surface area contributed by atoms with E-state index in [9.17, 15) is 29.1 Å². The van der Waals surface area contributed by atoms with Crippen molar-refractivity contribution in [3.8, 4) is 0 Å². The van der Waals surface area contributed by atoms with Crippen LogP contribution in [0.2, 0.25) is 0 Å². The minimum Gasteiger partial charge on any atom is -0.465 e. The van der Waals surface area contributed by atoms with Crippen LogP contribution in [0.4, 0.5) is 0 Å². The van der Waals surface area contributed by atoms with Gasteiger partial charge in [0.15, 0.2) is 0 Å². The molecule has 2 saturated carbocycles. The van der Waals surface area contributed by atoms with E-state index in [0.717, 1.165) is 0 Å². The van der Waals surface area contributed by atoms with Gasteiger partial charge in [0.2, 0.25) is 0 Å². The fraction of sp³-hybridized carbons (Fsp3) is 0.794. The Labute approximate surface area is 277 Å². The van der Waals surface area contributed by atoms with E-state index in [0.29, 0.717) is 18.4 Å². The number of esters is 5. The van der Waals surface area contributed by atoms with Gasteiger partial charge in [-0.1, -0.05) is 41.5 Å². The van der Waals surface area contributed by atoms with Gasteiger partial charge in [-0.15, -0.1) is 11.6 Å². The van der Waals surface area contributed by atoms with Gasteiger partial charge in [0.05, 0.1) is 28.7 Å². The van der Waals surface area contributed by atoms with Crippen molar-refractivity contribution in [3.63, 3.8) is 0 Å². The molecular weight excluding hydrogens is 620 g/mol. The maximum absolute atomic E-state index is 13.4. The van der Waals surface area contributed by atoms with Gasteiger partial charge in [-0.25, -0.2) is 4.79 Å². The summed E-state index contributed by atoms with van der Waals surface area (Å²) in [7, 11) is 0. The van der Waals surface area contributed by atoms with Gasteiger partial charge in [-0.05, 0) is 49.9 Å². The molecule has 3 rings (SSSR count). The molecule has 0 amide bonds. The van der Waals surface area contributed by atoms with E-state index < -0.39 is 82.3 Å². The number of fused-ring (bicyclic) bond motifs is 1. The second-order valence-corrected chi connectivity index (χ2v) is 14.1. The average molecular weight is 671 g/mol. The Morgan fingerprint density at radius 1 is 1.07 bits per heavy atom. The first-order chi connectivity index (χ1) is 21.5. The lowest BCUT2D eigenvalue weighted by atomic mass is 9.41. The predicted molar refractivity (Wildman–Crippen MR) is 167 cm³/mol. The number of hydrogen-bond donors (Lipinski definition) is 1. The zero-order valence-corrected chi connectivity index (χ0v) is 29.1. The minimum atomic E-state index is -1.72. The molecule has 1 N–H and O–H groups in total. The molecule has 260 valence electrons. The van der Waals surface area contributed by atoms with Crippen molar-refractivity contribution in [2.45, 2.75) is 118 Å². The van der Waals surface area contributed by atoms with Crippen molar-refractivity contribution in [1.82, 2.24) is 0 Å². The highest BCUT2D eigenvalue weighted by Gasteiger charge is 2.73. The number of cyclic esters (lactones) is 1. The third-order valence-corrected chi connectivity index (χ3v) is 11.4. The summed E-state index contributed by atoms with van der Waals surface area (Å²) in [4.78, 5) is 63.7. The number of alkyl halides is 1. The van der Waals surface area contributed by atoms with Crippen LogP contribution in [0.3, 0.4) is 0 Å². The molecule has 1 heterocycles. The van der Waals surface area contributed by atoms with Crippen LogP contribution in [0, 0.1) is 34.5 Å². The monoisotopic (exact) mass is 670 g/mol. The summed E-state index contributed by atoms with van der Waals surface area (Å²) in [5.74, 6) is -4.80. The molecule has 10 atom stereocenters. The van der Waals surface area contributed by atoms with Crippen LogP contribution in [0.5, 0.6) is 0 Å². The van der Waals surface area contributed by atoms with Gasteiger partial charge in [0, 0.05) is 31.4 Å². The van der Waals surface area contributed by atoms with Crippen LogP contribution in [0.25, 0.3) is 0 Å². The summed E-state index contributed by atoms with van der Waals surface area (Å²) in [6.45, 7) is 13.3. The van der Waals surface area contributed by atoms with Gasteiger partial charge in [0.1, 0.15) is 31.5 Å². The second kappa shape index (κ2) is 15.0. The maximum Gasteiger partial charge on any atom is 0.331 e. The molecule has 0 saturated heterocycles. The van der Waals surface area contributed by atoms with Gasteiger partial charge in [-0.3, -0.25) is 19.2 Å². The van der Waals surface area contributed by atoms with E-state index in [4.69, 9.17) is 35.3 Å². The SMILES string of the molecule is CC[C@@H](C)C(=O)O[C@@H](C[C@@]1(C)[C@H](C)C[C@H](OC(C)=O)[C@]2(COC(C)=O)[C@@H]1[C@H](OC(=O)[C@@H](C)CC)CC[C@]2(O)CCl)C1=CC(=O)OC1. The van der Waals surface area contributed by atoms with Crippen LogP contribution >= 0.6 is 11.6 Å². The van der Waals surface area contributed by atoms with E-state index in [2.05, 4.69) is 0 Å². The molecule has 12 heteroatoms. The molecule has 11 nitrogen and oxygen atoms in total. The molecule has 0 radical (unpaired) electrons. The predicted octanol–water partition coefficient (Wildman–Crippen LogP) is 4.68. The number of hydrogen-bond acceptors (Lipinski definition) is 11. The van der Waals surface area contributed by atoms with Gasteiger partial charge in [0.25, 0.3) is 0 Å². The smallest absolute Gasteiger partial charge is 0.331 e. The van der Waals surface area contributed by atoms with Crippen molar-refractivity contribution in [2.24, 2.45) is 34.5 Å². The number of halogens is 1. The number of ether oxygens (including phenoxy) is 5. The highest BCUT2D eigenvalue weighted by molar-refractivity contribution is 6.18. The van der Waals surface area contributed by atoms with Crippen molar-refractivity contribution in [2.75, 3.05) is 19.1 Å². The Balaban J connectivity index is 2.30. The van der Waals surface area contributed by atoms with Crippen molar-refractivity contribution in [3.05, 3.63) is 11.6 Å². The van der Waals surface area contributed by atoms with Gasteiger partial charge < -0.3 is 28.8 Å².